The molecule has 0 spiro atoms. The largest absolute Gasteiger partial charge is 0.364 e. The molecule has 4 aliphatic carbocycles. The second-order valence-corrected chi connectivity index (χ2v) is 11.4. The Morgan fingerprint density at radius 3 is 2.33 bits per heavy atom. The van der Waals surface area contributed by atoms with E-state index < -0.39 is 5.79 Å². The molecule has 27 heavy (non-hydrogen) atoms. The first kappa shape index (κ1) is 18.9. The van der Waals surface area contributed by atoms with Crippen LogP contribution < -0.4 is 0 Å². The summed E-state index contributed by atoms with van der Waals surface area (Å²) >= 11 is 0. The average molecular weight is 376 g/mol. The smallest absolute Gasteiger partial charge is 0.184 e. The molecule has 1 heterocycles. The Morgan fingerprint density at radius 2 is 1.56 bits per heavy atom. The van der Waals surface area contributed by atoms with E-state index in [0.29, 0.717) is 11.3 Å². The third-order valence-corrected chi connectivity index (χ3v) is 10.6. The highest BCUT2D eigenvalue weighted by Gasteiger charge is 2.68. The van der Waals surface area contributed by atoms with Gasteiger partial charge < -0.3 is 10.2 Å². The molecule has 0 amide bonds. The third kappa shape index (κ3) is 2.56. The van der Waals surface area contributed by atoms with E-state index in [1.165, 1.54) is 64.2 Å². The Labute approximate surface area is 165 Å². The SMILES string of the molecule is C[C@]12CCCCC1CC[C@@H]1[C@H]2CC[C@@]2(C)[C@H]1CC(N1CCCCC1)C2(O)O. The zero-order chi connectivity index (χ0) is 18.9. The van der Waals surface area contributed by atoms with Gasteiger partial charge in [0, 0.05) is 5.41 Å². The van der Waals surface area contributed by atoms with Crippen molar-refractivity contribution < 1.29 is 10.2 Å². The average Bonchev–Trinajstić information content (AvgIpc) is 2.88. The Hall–Kier alpha value is -0.120. The minimum atomic E-state index is -1.51. The van der Waals surface area contributed by atoms with Crippen molar-refractivity contribution in [3.63, 3.8) is 0 Å². The summed E-state index contributed by atoms with van der Waals surface area (Å²) in [4.78, 5) is 2.44. The predicted octanol–water partition coefficient (Wildman–Crippen LogP) is 4.56. The summed E-state index contributed by atoms with van der Waals surface area (Å²) in [7, 11) is 0. The normalized spacial score (nSPS) is 52.7. The fraction of sp³-hybridized carbons (Fsp3) is 1.00. The molecule has 0 bridgehead atoms. The van der Waals surface area contributed by atoms with Gasteiger partial charge in [0.2, 0.25) is 0 Å². The molecule has 1 aliphatic heterocycles. The molecule has 1 saturated heterocycles. The van der Waals surface area contributed by atoms with E-state index >= 15 is 0 Å². The van der Waals surface area contributed by atoms with Crippen molar-refractivity contribution in [1.29, 1.82) is 0 Å². The topological polar surface area (TPSA) is 43.7 Å². The quantitative estimate of drug-likeness (QED) is 0.660. The third-order valence-electron chi connectivity index (χ3n) is 10.6. The van der Waals surface area contributed by atoms with Crippen LogP contribution in [0.4, 0.5) is 0 Å². The van der Waals surface area contributed by atoms with E-state index in [-0.39, 0.29) is 11.5 Å². The van der Waals surface area contributed by atoms with Crippen molar-refractivity contribution in [2.45, 2.75) is 103 Å². The van der Waals surface area contributed by atoms with E-state index in [9.17, 15) is 10.2 Å². The van der Waals surface area contributed by atoms with Crippen LogP contribution in [0, 0.1) is 34.5 Å². The summed E-state index contributed by atoms with van der Waals surface area (Å²) < 4.78 is 0. The number of fused-ring (bicyclic) bond motifs is 5. The van der Waals surface area contributed by atoms with E-state index in [4.69, 9.17) is 0 Å². The second kappa shape index (κ2) is 6.44. The first-order valence-electron chi connectivity index (χ1n) is 12.1. The maximum absolute atomic E-state index is 11.5. The zero-order valence-electron chi connectivity index (χ0n) is 17.6. The molecule has 4 saturated carbocycles. The lowest BCUT2D eigenvalue weighted by molar-refractivity contribution is -0.272. The van der Waals surface area contributed by atoms with Crippen molar-refractivity contribution in [3.05, 3.63) is 0 Å². The Bertz CT molecular complexity index is 571. The van der Waals surface area contributed by atoms with Crippen LogP contribution >= 0.6 is 0 Å². The fourth-order valence-corrected chi connectivity index (χ4v) is 8.93. The highest BCUT2D eigenvalue weighted by molar-refractivity contribution is 5.15. The molecule has 5 aliphatic rings. The minimum Gasteiger partial charge on any atom is -0.364 e. The van der Waals surface area contributed by atoms with E-state index in [0.717, 1.165) is 43.7 Å². The molecule has 0 radical (unpaired) electrons. The van der Waals surface area contributed by atoms with Gasteiger partial charge in [-0.05, 0) is 100.0 Å². The highest BCUT2D eigenvalue weighted by atomic mass is 16.5. The monoisotopic (exact) mass is 375 g/mol. The molecule has 0 aromatic carbocycles. The van der Waals surface area contributed by atoms with Crippen molar-refractivity contribution in [1.82, 2.24) is 4.90 Å². The summed E-state index contributed by atoms with van der Waals surface area (Å²) in [6, 6.07) is -0.0385. The van der Waals surface area contributed by atoms with E-state index in [2.05, 4.69) is 18.7 Å². The molecule has 3 nitrogen and oxygen atoms in total. The maximum atomic E-state index is 11.5. The number of nitrogens with zero attached hydrogens (tertiary/aromatic N) is 1. The van der Waals surface area contributed by atoms with Gasteiger partial charge in [0.05, 0.1) is 6.04 Å². The molecular weight excluding hydrogens is 334 g/mol. The predicted molar refractivity (Wildman–Crippen MR) is 108 cm³/mol. The van der Waals surface area contributed by atoms with Crippen molar-refractivity contribution in [2.24, 2.45) is 34.5 Å². The van der Waals surface area contributed by atoms with Gasteiger partial charge in [0.15, 0.2) is 5.79 Å². The molecule has 154 valence electrons. The van der Waals surface area contributed by atoms with Crippen LogP contribution in [-0.2, 0) is 0 Å². The van der Waals surface area contributed by atoms with Crippen molar-refractivity contribution in [3.8, 4) is 0 Å². The van der Waals surface area contributed by atoms with Gasteiger partial charge in [0.1, 0.15) is 0 Å². The molecule has 5 fully saturated rings. The van der Waals surface area contributed by atoms with Crippen molar-refractivity contribution in [2.75, 3.05) is 13.1 Å². The molecular formula is C24H41NO2. The number of hydrogen-bond acceptors (Lipinski definition) is 3. The van der Waals surface area contributed by atoms with Gasteiger partial charge in [-0.1, -0.05) is 33.1 Å². The first-order chi connectivity index (χ1) is 12.9. The first-order valence-corrected chi connectivity index (χ1v) is 12.1. The molecule has 5 rings (SSSR count). The second-order valence-electron chi connectivity index (χ2n) is 11.4. The van der Waals surface area contributed by atoms with Crippen LogP contribution in [-0.4, -0.2) is 40.0 Å². The molecule has 2 unspecified atom stereocenters. The lowest BCUT2D eigenvalue weighted by atomic mass is 9.45. The standard InChI is InChI=1S/C24H41NO2/c1-22-12-5-4-8-17(22)9-10-18-19(22)11-13-23(2)20(18)16-21(24(23,26)27)25-14-6-3-7-15-25/h17-21,26-27H,3-16H2,1-2H3/t17?,18-,19-,20+,21?,22+,23+/m1/s1. The minimum absolute atomic E-state index is 0.0385. The number of likely N-dealkylation sites (tertiary alicyclic amines) is 1. The van der Waals surface area contributed by atoms with Crippen LogP contribution in [0.1, 0.15) is 90.9 Å². The van der Waals surface area contributed by atoms with Crippen LogP contribution in [0.15, 0.2) is 0 Å². The number of rotatable bonds is 1. The lowest BCUT2D eigenvalue weighted by Gasteiger charge is -2.60. The number of aliphatic hydroxyl groups is 2. The van der Waals surface area contributed by atoms with Crippen LogP contribution in [0.5, 0.6) is 0 Å². The molecule has 0 aromatic rings. The van der Waals surface area contributed by atoms with Crippen LogP contribution in [0.3, 0.4) is 0 Å². The summed E-state index contributed by atoms with van der Waals surface area (Å²) in [5.74, 6) is 1.47. The molecule has 7 atom stereocenters. The zero-order valence-corrected chi connectivity index (χ0v) is 17.6. The van der Waals surface area contributed by atoms with Gasteiger partial charge in [-0.25, -0.2) is 0 Å². The Morgan fingerprint density at radius 1 is 0.778 bits per heavy atom. The number of hydrogen-bond donors (Lipinski definition) is 2. The fourth-order valence-electron chi connectivity index (χ4n) is 8.93. The van der Waals surface area contributed by atoms with E-state index in [1.54, 1.807) is 0 Å². The van der Waals surface area contributed by atoms with Gasteiger partial charge in [-0.15, -0.1) is 0 Å². The Balaban J connectivity index is 1.44. The van der Waals surface area contributed by atoms with Gasteiger partial charge >= 0.3 is 0 Å². The van der Waals surface area contributed by atoms with Gasteiger partial charge in [0.25, 0.3) is 0 Å². The molecule has 0 aromatic heterocycles. The van der Waals surface area contributed by atoms with E-state index in [1.807, 2.05) is 0 Å². The maximum Gasteiger partial charge on any atom is 0.184 e. The van der Waals surface area contributed by atoms with Crippen LogP contribution in [0.2, 0.25) is 0 Å². The summed E-state index contributed by atoms with van der Waals surface area (Å²) in [5.41, 5.74) is 0.216. The molecule has 2 N–H and O–H groups in total. The summed E-state index contributed by atoms with van der Waals surface area (Å²) in [6.45, 7) is 6.96. The van der Waals surface area contributed by atoms with Crippen molar-refractivity contribution >= 4 is 0 Å². The van der Waals surface area contributed by atoms with Crippen LogP contribution in [0.25, 0.3) is 0 Å². The van der Waals surface area contributed by atoms with Gasteiger partial charge in [-0.2, -0.15) is 0 Å². The lowest BCUT2D eigenvalue weighted by Crippen LogP contribution is -2.60. The highest BCUT2D eigenvalue weighted by Crippen LogP contribution is 2.68. The summed E-state index contributed by atoms with van der Waals surface area (Å²) in [5, 5.41) is 22.9. The molecule has 3 heteroatoms. The summed E-state index contributed by atoms with van der Waals surface area (Å²) in [6.07, 6.45) is 15.5. The van der Waals surface area contributed by atoms with Gasteiger partial charge in [-0.3, -0.25) is 4.90 Å². The Kier molecular flexibility index (Phi) is 4.50. The number of piperidine rings is 1.